The Labute approximate surface area is 142 Å². The van der Waals surface area contributed by atoms with Crippen LogP contribution in [0, 0.1) is 0 Å². The Morgan fingerprint density at radius 2 is 1.88 bits per heavy atom. The Morgan fingerprint density at radius 1 is 1.12 bits per heavy atom. The molecule has 0 aliphatic carbocycles. The van der Waals surface area contributed by atoms with Crippen LogP contribution in [0.2, 0.25) is 5.02 Å². The summed E-state index contributed by atoms with van der Waals surface area (Å²) in [6.45, 7) is 0. The van der Waals surface area contributed by atoms with Crippen LogP contribution in [-0.2, 0) is 25.7 Å². The first-order valence-corrected chi connectivity index (χ1v) is 10.1. The van der Waals surface area contributed by atoms with Crippen LogP contribution in [0.25, 0.3) is 10.9 Å². The Hall–Kier alpha value is -1.94. The number of benzene rings is 2. The molecule has 3 rings (SSSR count). The lowest BCUT2D eigenvalue weighted by atomic mass is 10.2. The number of nitrogens with one attached hydrogen (secondary N) is 1. The van der Waals surface area contributed by atoms with E-state index in [0.29, 0.717) is 5.56 Å². The minimum absolute atomic E-state index is 0.269. The highest BCUT2D eigenvalue weighted by molar-refractivity contribution is 7.92. The first-order valence-electron chi connectivity index (χ1n) is 6.59. The molecule has 3 aromatic rings. The van der Waals surface area contributed by atoms with Crippen LogP contribution in [0.15, 0.2) is 52.4 Å². The van der Waals surface area contributed by atoms with Gasteiger partial charge in [-0.15, -0.1) is 0 Å². The summed E-state index contributed by atoms with van der Waals surface area (Å²) in [5.41, 5.74) is 1.18. The van der Waals surface area contributed by atoms with Crippen LogP contribution in [0.4, 0.5) is 0 Å². The number of aromatic amines is 1. The van der Waals surface area contributed by atoms with E-state index in [1.165, 1.54) is 12.1 Å². The van der Waals surface area contributed by atoms with Gasteiger partial charge in [0.1, 0.15) is 9.79 Å². The van der Waals surface area contributed by atoms with Gasteiger partial charge in [-0.05, 0) is 29.8 Å². The van der Waals surface area contributed by atoms with Gasteiger partial charge < -0.3 is 0 Å². The molecule has 24 heavy (non-hydrogen) atoms. The van der Waals surface area contributed by atoms with Gasteiger partial charge in [0, 0.05) is 5.39 Å². The van der Waals surface area contributed by atoms with Crippen molar-refractivity contribution in [1.82, 2.24) is 10.2 Å². The molecule has 0 saturated carbocycles. The molecule has 1 aromatic heterocycles. The normalized spacial score (nSPS) is 12.6. The molecule has 0 spiro atoms. The van der Waals surface area contributed by atoms with Gasteiger partial charge in [-0.3, -0.25) is 9.65 Å². The minimum atomic E-state index is -4.74. The van der Waals surface area contributed by atoms with Crippen LogP contribution >= 0.6 is 11.6 Å². The van der Waals surface area contributed by atoms with E-state index in [1.54, 1.807) is 24.4 Å². The van der Waals surface area contributed by atoms with E-state index in [4.69, 9.17) is 11.6 Å². The number of hydrogen-bond donors (Lipinski definition) is 2. The number of aromatic nitrogens is 2. The maximum Gasteiger partial charge on any atom is 0.295 e. The number of halogens is 1. The van der Waals surface area contributed by atoms with Crippen molar-refractivity contribution >= 4 is 42.5 Å². The molecule has 7 nitrogen and oxygen atoms in total. The first-order chi connectivity index (χ1) is 11.2. The molecule has 126 valence electrons. The quantitative estimate of drug-likeness (QED) is 0.665. The first kappa shape index (κ1) is 16.9. The highest BCUT2D eigenvalue weighted by Crippen LogP contribution is 2.31. The molecular weight excluding hydrogens is 376 g/mol. The maximum absolute atomic E-state index is 12.7. The summed E-state index contributed by atoms with van der Waals surface area (Å²) in [6, 6.07) is 8.38. The zero-order valence-corrected chi connectivity index (χ0v) is 14.4. The Bertz CT molecular complexity index is 1140. The largest absolute Gasteiger partial charge is 0.295 e. The third-order valence-corrected chi connectivity index (χ3v) is 6.61. The lowest BCUT2D eigenvalue weighted by Gasteiger charge is -2.10. The van der Waals surface area contributed by atoms with Crippen molar-refractivity contribution in [3.63, 3.8) is 0 Å². The summed E-state index contributed by atoms with van der Waals surface area (Å²) in [4.78, 5) is -1.35. The molecule has 1 heterocycles. The summed E-state index contributed by atoms with van der Waals surface area (Å²) >= 11 is 5.89. The van der Waals surface area contributed by atoms with Crippen molar-refractivity contribution in [3.8, 4) is 0 Å². The van der Waals surface area contributed by atoms with E-state index in [2.05, 4.69) is 10.2 Å². The zero-order valence-electron chi connectivity index (χ0n) is 12.0. The molecule has 0 atom stereocenters. The van der Waals surface area contributed by atoms with Crippen molar-refractivity contribution in [1.29, 1.82) is 0 Å². The summed E-state index contributed by atoms with van der Waals surface area (Å²) in [7, 11) is -8.85. The van der Waals surface area contributed by atoms with Gasteiger partial charge in [0.15, 0.2) is 9.84 Å². The standard InChI is InChI=1S/C14H11ClN2O5S2/c15-11-2-1-3-13(24(20,21)22)14(11)23(18,19)8-9-4-5-12-10(6-9)7-16-17-12/h1-7H,8H2,(H,16,17)(H,20,21,22). The van der Waals surface area contributed by atoms with E-state index < -0.39 is 35.5 Å². The molecule has 0 aliphatic rings. The second kappa shape index (κ2) is 5.85. The SMILES string of the molecule is O=S(=O)(O)c1cccc(Cl)c1S(=O)(=O)Cc1ccc2[nH]ncc2c1. The summed E-state index contributed by atoms with van der Waals surface area (Å²) in [5.74, 6) is -0.472. The predicted molar refractivity (Wildman–Crippen MR) is 88.3 cm³/mol. The third kappa shape index (κ3) is 3.16. The fourth-order valence-electron chi connectivity index (χ4n) is 2.37. The lowest BCUT2D eigenvalue weighted by molar-refractivity contribution is 0.479. The molecular formula is C14H11ClN2O5S2. The van der Waals surface area contributed by atoms with Crippen molar-refractivity contribution in [3.05, 3.63) is 53.2 Å². The molecule has 0 bridgehead atoms. The molecule has 0 radical (unpaired) electrons. The van der Waals surface area contributed by atoms with Gasteiger partial charge in [0.2, 0.25) is 0 Å². The lowest BCUT2D eigenvalue weighted by Crippen LogP contribution is -2.12. The molecule has 0 fully saturated rings. The molecule has 10 heteroatoms. The number of H-pyrrole nitrogens is 1. The van der Waals surface area contributed by atoms with Gasteiger partial charge in [0.05, 0.1) is 22.5 Å². The van der Waals surface area contributed by atoms with E-state index in [9.17, 15) is 21.4 Å². The van der Waals surface area contributed by atoms with Crippen molar-refractivity contribution < 1.29 is 21.4 Å². The fourth-order valence-corrected chi connectivity index (χ4v) is 5.74. The van der Waals surface area contributed by atoms with Crippen molar-refractivity contribution in [2.75, 3.05) is 0 Å². The van der Waals surface area contributed by atoms with Gasteiger partial charge in [-0.25, -0.2) is 8.42 Å². The number of fused-ring (bicyclic) bond motifs is 1. The molecule has 0 saturated heterocycles. The second-order valence-corrected chi connectivity index (χ2v) is 8.82. The van der Waals surface area contributed by atoms with Crippen LogP contribution in [-0.4, -0.2) is 31.6 Å². The zero-order chi connectivity index (χ0) is 17.5. The van der Waals surface area contributed by atoms with Crippen molar-refractivity contribution in [2.45, 2.75) is 15.5 Å². The summed E-state index contributed by atoms with van der Waals surface area (Å²) in [5, 5.41) is 7.05. The van der Waals surface area contributed by atoms with Gasteiger partial charge in [0.25, 0.3) is 10.1 Å². The maximum atomic E-state index is 12.7. The van der Waals surface area contributed by atoms with E-state index in [0.717, 1.165) is 17.0 Å². The van der Waals surface area contributed by atoms with E-state index >= 15 is 0 Å². The average Bonchev–Trinajstić information content (AvgIpc) is 2.92. The van der Waals surface area contributed by atoms with Crippen LogP contribution in [0.1, 0.15) is 5.56 Å². The second-order valence-electron chi connectivity index (χ2n) is 5.09. The van der Waals surface area contributed by atoms with Gasteiger partial charge in [-0.2, -0.15) is 13.5 Å². The topological polar surface area (TPSA) is 117 Å². The monoisotopic (exact) mass is 386 g/mol. The summed E-state index contributed by atoms with van der Waals surface area (Å²) in [6.07, 6.45) is 1.55. The average molecular weight is 387 g/mol. The molecule has 0 unspecified atom stereocenters. The highest BCUT2D eigenvalue weighted by Gasteiger charge is 2.28. The number of rotatable bonds is 4. The number of nitrogens with zero attached hydrogens (tertiary/aromatic N) is 1. The van der Waals surface area contributed by atoms with E-state index in [-0.39, 0.29) is 5.02 Å². The summed E-state index contributed by atoms with van der Waals surface area (Å²) < 4.78 is 57.6. The van der Waals surface area contributed by atoms with Gasteiger partial charge >= 0.3 is 0 Å². The Kier molecular flexibility index (Phi) is 4.12. The predicted octanol–water partition coefficient (Wildman–Crippen LogP) is 2.44. The number of hydrogen-bond acceptors (Lipinski definition) is 5. The number of sulfone groups is 1. The molecule has 2 aromatic carbocycles. The molecule has 0 aliphatic heterocycles. The van der Waals surface area contributed by atoms with Crippen LogP contribution < -0.4 is 0 Å². The van der Waals surface area contributed by atoms with E-state index in [1.807, 2.05) is 0 Å². The van der Waals surface area contributed by atoms with Crippen LogP contribution in [0.5, 0.6) is 0 Å². The molecule has 2 N–H and O–H groups in total. The fraction of sp³-hybridized carbons (Fsp3) is 0.0714. The highest BCUT2D eigenvalue weighted by atomic mass is 35.5. The van der Waals surface area contributed by atoms with Crippen LogP contribution in [0.3, 0.4) is 0 Å². The van der Waals surface area contributed by atoms with Gasteiger partial charge in [-0.1, -0.05) is 23.7 Å². The Balaban J connectivity index is 2.11. The molecule has 0 amide bonds. The van der Waals surface area contributed by atoms with Crippen molar-refractivity contribution in [2.24, 2.45) is 0 Å². The minimum Gasteiger partial charge on any atom is -0.282 e. The smallest absolute Gasteiger partial charge is 0.282 e. The third-order valence-electron chi connectivity index (χ3n) is 3.38. The Morgan fingerprint density at radius 3 is 2.58 bits per heavy atom.